The van der Waals surface area contributed by atoms with Crippen molar-refractivity contribution in [2.24, 2.45) is 7.05 Å². The molecule has 0 amide bonds. The fourth-order valence-corrected chi connectivity index (χ4v) is 2.66. The van der Waals surface area contributed by atoms with E-state index in [0.29, 0.717) is 6.04 Å². The average Bonchev–Trinajstić information content (AvgIpc) is 3.03. The highest BCUT2D eigenvalue weighted by Crippen LogP contribution is 2.22. The van der Waals surface area contributed by atoms with Crippen LogP contribution >= 0.6 is 0 Å². The van der Waals surface area contributed by atoms with Crippen LogP contribution in [0.15, 0.2) is 29.6 Å². The molecule has 6 heteroatoms. The molecule has 1 aliphatic rings. The highest BCUT2D eigenvalue weighted by molar-refractivity contribution is 5.02. The number of nitrogens with zero attached hydrogens (tertiary/aromatic N) is 5. The molecule has 20 heavy (non-hydrogen) atoms. The fraction of sp³-hybridized carbons (Fsp3) is 0.500. The molecule has 0 aliphatic carbocycles. The predicted molar refractivity (Wildman–Crippen MR) is 75.4 cm³/mol. The maximum Gasteiger partial charge on any atom is 0.268 e. The first-order chi connectivity index (χ1) is 9.61. The van der Waals surface area contributed by atoms with Crippen LogP contribution in [0.25, 0.3) is 0 Å². The lowest BCUT2D eigenvalue weighted by molar-refractivity contribution is 0.307. The second kappa shape index (κ2) is 5.20. The Morgan fingerprint density at radius 2 is 2.20 bits per heavy atom. The maximum atomic E-state index is 11.3. The van der Waals surface area contributed by atoms with Gasteiger partial charge in [-0.1, -0.05) is 0 Å². The lowest BCUT2D eigenvalue weighted by atomic mass is 10.3. The lowest BCUT2D eigenvalue weighted by Crippen LogP contribution is -2.24. The van der Waals surface area contributed by atoms with E-state index in [-0.39, 0.29) is 5.56 Å². The van der Waals surface area contributed by atoms with Crippen LogP contribution in [0.1, 0.15) is 23.7 Å². The number of rotatable bonds is 3. The van der Waals surface area contributed by atoms with Crippen LogP contribution in [-0.2, 0) is 13.6 Å². The summed E-state index contributed by atoms with van der Waals surface area (Å²) in [6.45, 7) is 4.86. The number of likely N-dealkylation sites (tertiary alicyclic amines) is 1. The quantitative estimate of drug-likeness (QED) is 0.827. The van der Waals surface area contributed by atoms with Gasteiger partial charge in [0.25, 0.3) is 5.56 Å². The van der Waals surface area contributed by atoms with E-state index in [1.807, 2.05) is 12.4 Å². The van der Waals surface area contributed by atoms with Crippen molar-refractivity contribution >= 4 is 0 Å². The third kappa shape index (κ3) is 2.65. The van der Waals surface area contributed by atoms with Gasteiger partial charge in [-0.15, -0.1) is 0 Å². The molecule has 1 aliphatic heterocycles. The molecule has 1 atom stereocenters. The van der Waals surface area contributed by atoms with E-state index in [9.17, 15) is 4.79 Å². The highest BCUT2D eigenvalue weighted by atomic mass is 16.1. The molecule has 3 rings (SSSR count). The summed E-state index contributed by atoms with van der Waals surface area (Å²) in [5.74, 6) is 0. The minimum Gasteiger partial charge on any atom is -0.315 e. The van der Waals surface area contributed by atoms with Crippen molar-refractivity contribution < 1.29 is 0 Å². The van der Waals surface area contributed by atoms with Crippen molar-refractivity contribution in [3.05, 3.63) is 46.4 Å². The van der Waals surface area contributed by atoms with Gasteiger partial charge in [0.1, 0.15) is 0 Å². The van der Waals surface area contributed by atoms with Crippen molar-refractivity contribution in [2.45, 2.75) is 25.9 Å². The first-order valence-electron chi connectivity index (χ1n) is 6.86. The van der Waals surface area contributed by atoms with Gasteiger partial charge in [-0.3, -0.25) is 19.4 Å². The van der Waals surface area contributed by atoms with Crippen LogP contribution < -0.4 is 5.56 Å². The van der Waals surface area contributed by atoms with Gasteiger partial charge in [-0.25, -0.2) is 0 Å². The van der Waals surface area contributed by atoms with Crippen molar-refractivity contribution in [3.8, 4) is 0 Å². The van der Waals surface area contributed by atoms with Gasteiger partial charge in [0.05, 0.1) is 24.1 Å². The van der Waals surface area contributed by atoms with Crippen molar-refractivity contribution in [2.75, 3.05) is 13.1 Å². The van der Waals surface area contributed by atoms with Gasteiger partial charge in [-0.2, -0.15) is 5.10 Å². The first-order valence-corrected chi connectivity index (χ1v) is 6.86. The molecule has 0 aromatic carbocycles. The molecule has 0 N–H and O–H groups in total. The summed E-state index contributed by atoms with van der Waals surface area (Å²) < 4.78 is 3.64. The summed E-state index contributed by atoms with van der Waals surface area (Å²) >= 11 is 0. The Balaban J connectivity index is 1.65. The minimum absolute atomic E-state index is 0.0694. The summed E-state index contributed by atoms with van der Waals surface area (Å²) in [6, 6.07) is 0.441. The number of aryl methyl sites for hydroxylation is 2. The monoisotopic (exact) mass is 273 g/mol. The normalized spacial score (nSPS) is 19.6. The topological polar surface area (TPSA) is 56.0 Å². The molecule has 2 aromatic rings. The Morgan fingerprint density at radius 1 is 1.35 bits per heavy atom. The molecule has 1 fully saturated rings. The van der Waals surface area contributed by atoms with E-state index < -0.39 is 0 Å². The van der Waals surface area contributed by atoms with Gasteiger partial charge in [-0.05, 0) is 18.9 Å². The van der Waals surface area contributed by atoms with E-state index in [4.69, 9.17) is 0 Å². The van der Waals surface area contributed by atoms with Crippen LogP contribution in [-0.4, -0.2) is 37.3 Å². The van der Waals surface area contributed by atoms with E-state index in [1.54, 1.807) is 11.6 Å². The molecular weight excluding hydrogens is 254 g/mol. The molecule has 106 valence electrons. The Labute approximate surface area is 117 Å². The SMILES string of the molecule is Cc1cnn(C2CCN(Cc3cn(C)c(=O)cn3)C2)c1. The Hall–Kier alpha value is -1.95. The summed E-state index contributed by atoms with van der Waals surface area (Å²) in [5, 5.41) is 4.39. The fourth-order valence-electron chi connectivity index (χ4n) is 2.66. The van der Waals surface area contributed by atoms with Crippen molar-refractivity contribution in [1.82, 2.24) is 24.2 Å². The summed E-state index contributed by atoms with van der Waals surface area (Å²) in [5.41, 5.74) is 2.06. The number of hydrogen-bond acceptors (Lipinski definition) is 4. The van der Waals surface area contributed by atoms with Crippen molar-refractivity contribution in [3.63, 3.8) is 0 Å². The molecule has 2 aromatic heterocycles. The predicted octanol–water partition coefficient (Wildman–Crippen LogP) is 0.732. The molecule has 0 bridgehead atoms. The molecule has 1 unspecified atom stereocenters. The van der Waals surface area contributed by atoms with Crippen LogP contribution in [0.5, 0.6) is 0 Å². The molecular formula is C14H19N5O. The minimum atomic E-state index is -0.0694. The summed E-state index contributed by atoms with van der Waals surface area (Å²) in [6.07, 6.45) is 8.30. The zero-order chi connectivity index (χ0) is 14.1. The molecule has 1 saturated heterocycles. The Bertz CT molecular complexity index is 660. The molecule has 6 nitrogen and oxygen atoms in total. The Morgan fingerprint density at radius 3 is 2.90 bits per heavy atom. The third-order valence-corrected chi connectivity index (χ3v) is 3.77. The smallest absolute Gasteiger partial charge is 0.268 e. The van der Waals surface area contributed by atoms with Gasteiger partial charge < -0.3 is 4.57 Å². The highest BCUT2D eigenvalue weighted by Gasteiger charge is 2.24. The largest absolute Gasteiger partial charge is 0.315 e. The van der Waals surface area contributed by atoms with E-state index >= 15 is 0 Å². The first kappa shape index (κ1) is 13.1. The van der Waals surface area contributed by atoms with Crippen LogP contribution in [0.4, 0.5) is 0 Å². The number of hydrogen-bond donors (Lipinski definition) is 0. The van der Waals surface area contributed by atoms with E-state index in [0.717, 1.165) is 31.7 Å². The van der Waals surface area contributed by atoms with E-state index in [1.165, 1.54) is 11.8 Å². The average molecular weight is 273 g/mol. The van der Waals surface area contributed by atoms with E-state index in [2.05, 4.69) is 32.8 Å². The summed E-state index contributed by atoms with van der Waals surface area (Å²) in [7, 11) is 1.76. The van der Waals surface area contributed by atoms with Crippen LogP contribution in [0.2, 0.25) is 0 Å². The standard InChI is InChI=1S/C14H19N5O/c1-11-5-16-19(7-11)13-3-4-18(10-13)9-12-8-17(2)14(20)6-15-12/h5-8,13H,3-4,9-10H2,1-2H3. The maximum absolute atomic E-state index is 11.3. The zero-order valence-corrected chi connectivity index (χ0v) is 11.9. The van der Waals surface area contributed by atoms with Crippen molar-refractivity contribution in [1.29, 1.82) is 0 Å². The molecule has 3 heterocycles. The van der Waals surface area contributed by atoms with Gasteiger partial charge in [0.2, 0.25) is 0 Å². The van der Waals surface area contributed by atoms with Gasteiger partial charge in [0, 0.05) is 39.1 Å². The third-order valence-electron chi connectivity index (χ3n) is 3.77. The molecule has 0 saturated carbocycles. The van der Waals surface area contributed by atoms with Crippen LogP contribution in [0, 0.1) is 6.92 Å². The van der Waals surface area contributed by atoms with Gasteiger partial charge in [0.15, 0.2) is 0 Å². The second-order valence-corrected chi connectivity index (χ2v) is 5.50. The molecule has 0 radical (unpaired) electrons. The zero-order valence-electron chi connectivity index (χ0n) is 11.9. The van der Waals surface area contributed by atoms with Gasteiger partial charge >= 0.3 is 0 Å². The Kier molecular flexibility index (Phi) is 3.40. The summed E-state index contributed by atoms with van der Waals surface area (Å²) in [4.78, 5) is 17.9. The number of aromatic nitrogens is 4. The lowest BCUT2D eigenvalue weighted by Gasteiger charge is -2.16. The molecule has 0 spiro atoms. The van der Waals surface area contributed by atoms with Crippen LogP contribution in [0.3, 0.4) is 0 Å². The second-order valence-electron chi connectivity index (χ2n) is 5.50.